The Kier molecular flexibility index (Phi) is 5.51. The molecule has 0 aliphatic heterocycles. The van der Waals surface area contributed by atoms with E-state index >= 15 is 0 Å². The van der Waals surface area contributed by atoms with E-state index in [1.165, 1.54) is 11.4 Å². The van der Waals surface area contributed by atoms with E-state index in [1.54, 1.807) is 48.5 Å². The molecule has 28 heavy (non-hydrogen) atoms. The average Bonchev–Trinajstić information content (AvgIpc) is 2.69. The molecule has 0 heterocycles. The van der Waals surface area contributed by atoms with Gasteiger partial charge in [-0.15, -0.1) is 0 Å². The van der Waals surface area contributed by atoms with Crippen molar-refractivity contribution in [1.82, 2.24) is 0 Å². The Morgan fingerprint density at radius 3 is 1.82 bits per heavy atom. The zero-order valence-corrected chi connectivity index (χ0v) is 16.8. The zero-order valence-electron chi connectivity index (χ0n) is 16.0. The van der Waals surface area contributed by atoms with E-state index in [4.69, 9.17) is 0 Å². The van der Waals surface area contributed by atoms with Gasteiger partial charge in [0.15, 0.2) is 0 Å². The van der Waals surface area contributed by atoms with Crippen molar-refractivity contribution in [3.8, 4) is 0 Å². The number of benzene rings is 3. The Hall–Kier alpha value is -3.12. The molecule has 3 aromatic rings. The summed E-state index contributed by atoms with van der Waals surface area (Å²) in [4.78, 5) is 12.6. The van der Waals surface area contributed by atoms with E-state index < -0.39 is 10.0 Å². The number of nitrogens with one attached hydrogen (secondary N) is 1. The van der Waals surface area contributed by atoms with Crippen molar-refractivity contribution < 1.29 is 13.2 Å². The molecule has 0 saturated carbocycles. The molecule has 0 bridgehead atoms. The first-order valence-electron chi connectivity index (χ1n) is 8.81. The van der Waals surface area contributed by atoms with Gasteiger partial charge < -0.3 is 5.32 Å². The number of hydrogen-bond donors (Lipinski definition) is 1. The Labute approximate surface area is 165 Å². The van der Waals surface area contributed by atoms with Crippen LogP contribution < -0.4 is 9.62 Å². The van der Waals surface area contributed by atoms with Gasteiger partial charge in [-0.2, -0.15) is 0 Å². The molecule has 0 saturated heterocycles. The van der Waals surface area contributed by atoms with Crippen LogP contribution in [-0.4, -0.2) is 21.4 Å². The van der Waals surface area contributed by atoms with Crippen LogP contribution in [-0.2, 0) is 10.0 Å². The molecule has 0 spiro atoms. The third-order valence-corrected chi connectivity index (χ3v) is 6.28. The van der Waals surface area contributed by atoms with Gasteiger partial charge >= 0.3 is 0 Å². The lowest BCUT2D eigenvalue weighted by atomic mass is 10.2. The molecular formula is C22H22N2O3S. The van der Waals surface area contributed by atoms with Gasteiger partial charge in [0.05, 0.1) is 10.6 Å². The van der Waals surface area contributed by atoms with E-state index in [2.05, 4.69) is 5.32 Å². The molecule has 0 radical (unpaired) electrons. The van der Waals surface area contributed by atoms with Crippen molar-refractivity contribution in [2.24, 2.45) is 0 Å². The van der Waals surface area contributed by atoms with E-state index in [9.17, 15) is 13.2 Å². The highest BCUT2D eigenvalue weighted by molar-refractivity contribution is 7.92. The number of amides is 1. The second kappa shape index (κ2) is 7.86. The Bertz CT molecular complexity index is 1070. The summed E-state index contributed by atoms with van der Waals surface area (Å²) >= 11 is 0. The maximum atomic E-state index is 12.8. The van der Waals surface area contributed by atoms with Crippen molar-refractivity contribution >= 4 is 27.3 Å². The maximum Gasteiger partial charge on any atom is 0.264 e. The number of aryl methyl sites for hydroxylation is 2. The minimum atomic E-state index is -3.66. The summed E-state index contributed by atoms with van der Waals surface area (Å²) in [6.07, 6.45) is 0. The first kappa shape index (κ1) is 19.6. The summed E-state index contributed by atoms with van der Waals surface area (Å²) in [5.74, 6) is -0.251. The van der Waals surface area contributed by atoms with Gasteiger partial charge in [0.2, 0.25) is 0 Å². The number of carbonyl (C=O) groups is 1. The van der Waals surface area contributed by atoms with Gasteiger partial charge in [0.25, 0.3) is 15.9 Å². The number of nitrogens with zero attached hydrogens (tertiary/aromatic N) is 1. The summed E-state index contributed by atoms with van der Waals surface area (Å²) in [6, 6.07) is 20.7. The quantitative estimate of drug-likeness (QED) is 0.698. The van der Waals surface area contributed by atoms with Crippen molar-refractivity contribution in [3.63, 3.8) is 0 Å². The van der Waals surface area contributed by atoms with Gasteiger partial charge in [-0.25, -0.2) is 8.42 Å². The number of anilines is 2. The van der Waals surface area contributed by atoms with Crippen LogP contribution >= 0.6 is 0 Å². The predicted molar refractivity (Wildman–Crippen MR) is 112 cm³/mol. The molecular weight excluding hydrogens is 372 g/mol. The molecule has 5 nitrogen and oxygen atoms in total. The molecule has 3 aromatic carbocycles. The number of rotatable bonds is 5. The van der Waals surface area contributed by atoms with Crippen LogP contribution in [0.4, 0.5) is 11.4 Å². The highest BCUT2D eigenvalue weighted by Gasteiger charge is 2.21. The van der Waals surface area contributed by atoms with Gasteiger partial charge in [0.1, 0.15) is 0 Å². The third-order valence-electron chi connectivity index (χ3n) is 4.48. The first-order valence-corrected chi connectivity index (χ1v) is 10.2. The number of carbonyl (C=O) groups excluding carboxylic acids is 1. The fraction of sp³-hybridized carbons (Fsp3) is 0.136. The molecule has 0 atom stereocenters. The summed E-state index contributed by atoms with van der Waals surface area (Å²) in [7, 11) is -2.17. The molecule has 0 aromatic heterocycles. The van der Waals surface area contributed by atoms with Crippen LogP contribution in [0.15, 0.2) is 77.7 Å². The summed E-state index contributed by atoms with van der Waals surface area (Å²) in [5.41, 5.74) is 3.74. The second-order valence-electron chi connectivity index (χ2n) is 6.65. The van der Waals surface area contributed by atoms with Crippen LogP contribution in [0, 0.1) is 13.8 Å². The molecule has 1 N–H and O–H groups in total. The Balaban J connectivity index is 1.76. The van der Waals surface area contributed by atoms with Crippen molar-refractivity contribution in [1.29, 1.82) is 0 Å². The van der Waals surface area contributed by atoms with Crippen molar-refractivity contribution in [2.45, 2.75) is 18.7 Å². The first-order chi connectivity index (χ1) is 13.3. The van der Waals surface area contributed by atoms with E-state index in [0.717, 1.165) is 11.1 Å². The van der Waals surface area contributed by atoms with E-state index in [-0.39, 0.29) is 10.8 Å². The molecule has 0 aliphatic rings. The van der Waals surface area contributed by atoms with Gasteiger partial charge in [-0.3, -0.25) is 9.10 Å². The number of hydrogen-bond acceptors (Lipinski definition) is 3. The van der Waals surface area contributed by atoms with Gasteiger partial charge in [-0.05, 0) is 62.4 Å². The lowest BCUT2D eigenvalue weighted by Crippen LogP contribution is -2.26. The predicted octanol–water partition coefficient (Wildman–Crippen LogP) is 4.38. The van der Waals surface area contributed by atoms with Crippen LogP contribution in [0.1, 0.15) is 21.5 Å². The average molecular weight is 394 g/mol. The van der Waals surface area contributed by atoms with Gasteiger partial charge in [-0.1, -0.05) is 35.4 Å². The summed E-state index contributed by atoms with van der Waals surface area (Å²) < 4.78 is 26.8. The lowest BCUT2D eigenvalue weighted by Gasteiger charge is -2.20. The zero-order chi connectivity index (χ0) is 20.3. The van der Waals surface area contributed by atoms with Crippen LogP contribution in [0.2, 0.25) is 0 Å². The molecule has 0 unspecified atom stereocenters. The second-order valence-corrected chi connectivity index (χ2v) is 8.62. The maximum absolute atomic E-state index is 12.8. The largest absolute Gasteiger partial charge is 0.322 e. The Morgan fingerprint density at radius 1 is 0.786 bits per heavy atom. The monoisotopic (exact) mass is 394 g/mol. The van der Waals surface area contributed by atoms with Gasteiger partial charge in [0, 0.05) is 18.3 Å². The summed E-state index contributed by atoms with van der Waals surface area (Å²) in [5, 5.41) is 2.82. The SMILES string of the molecule is Cc1ccc(NC(=O)c2ccc(N(C)S(=O)(=O)c3ccc(C)cc3)cc2)cc1. The van der Waals surface area contributed by atoms with E-state index in [0.29, 0.717) is 16.9 Å². The molecule has 6 heteroatoms. The Morgan fingerprint density at radius 2 is 1.29 bits per heavy atom. The van der Waals surface area contributed by atoms with Crippen LogP contribution in [0.3, 0.4) is 0 Å². The smallest absolute Gasteiger partial charge is 0.264 e. The van der Waals surface area contributed by atoms with E-state index in [1.807, 2.05) is 38.1 Å². The molecule has 1 amide bonds. The fourth-order valence-electron chi connectivity index (χ4n) is 2.67. The van der Waals surface area contributed by atoms with Crippen LogP contribution in [0.25, 0.3) is 0 Å². The highest BCUT2D eigenvalue weighted by atomic mass is 32.2. The molecule has 0 fully saturated rings. The van der Waals surface area contributed by atoms with Crippen LogP contribution in [0.5, 0.6) is 0 Å². The number of sulfonamides is 1. The minimum Gasteiger partial charge on any atom is -0.322 e. The normalized spacial score (nSPS) is 11.1. The minimum absolute atomic E-state index is 0.224. The topological polar surface area (TPSA) is 66.5 Å². The lowest BCUT2D eigenvalue weighted by molar-refractivity contribution is 0.102. The molecule has 144 valence electrons. The molecule has 0 aliphatic carbocycles. The fourth-order valence-corrected chi connectivity index (χ4v) is 3.87. The standard InChI is InChI=1S/C22H22N2O3S/c1-16-4-10-19(11-5-16)23-22(25)18-8-12-20(13-9-18)24(3)28(26,27)21-14-6-17(2)7-15-21/h4-15H,1-3H3,(H,23,25). The molecule has 3 rings (SSSR count). The van der Waals surface area contributed by atoms with Crippen molar-refractivity contribution in [2.75, 3.05) is 16.7 Å². The highest BCUT2D eigenvalue weighted by Crippen LogP contribution is 2.23. The third kappa shape index (κ3) is 4.23. The van der Waals surface area contributed by atoms with Crippen molar-refractivity contribution in [3.05, 3.63) is 89.5 Å². The summed E-state index contributed by atoms with van der Waals surface area (Å²) in [6.45, 7) is 3.88.